The van der Waals surface area contributed by atoms with E-state index in [-0.39, 0.29) is 6.54 Å². The van der Waals surface area contributed by atoms with E-state index in [1.807, 2.05) is 6.26 Å². The smallest absolute Gasteiger partial charge is 0.317 e. The lowest BCUT2D eigenvalue weighted by Gasteiger charge is -1.96. The molecule has 9 heavy (non-hydrogen) atoms. The Kier molecular flexibility index (Phi) is 5.76. The first-order chi connectivity index (χ1) is 4.27. The van der Waals surface area contributed by atoms with Crippen LogP contribution in [0.15, 0.2) is 0 Å². The zero-order valence-electron chi connectivity index (χ0n) is 5.39. The van der Waals surface area contributed by atoms with E-state index in [1.165, 1.54) is 0 Å². The lowest BCUT2D eigenvalue weighted by atomic mass is 10.6. The molecule has 0 saturated carbocycles. The van der Waals surface area contributed by atoms with Gasteiger partial charge in [0.2, 0.25) is 0 Å². The van der Waals surface area contributed by atoms with Crippen LogP contribution in [0.3, 0.4) is 0 Å². The summed E-state index contributed by atoms with van der Waals surface area (Å²) in [5, 5.41) is 10.9. The Morgan fingerprint density at radius 3 is 2.89 bits per heavy atom. The number of hydrogen-bond donors (Lipinski definition) is 2. The number of thioether (sulfide) groups is 1. The summed E-state index contributed by atoms with van der Waals surface area (Å²) < 4.78 is 0. The molecule has 0 fully saturated rings. The monoisotopic (exact) mass is 149 g/mol. The van der Waals surface area contributed by atoms with Gasteiger partial charge in [0.15, 0.2) is 0 Å². The first kappa shape index (κ1) is 8.78. The van der Waals surface area contributed by atoms with E-state index < -0.39 is 5.97 Å². The Hall–Kier alpha value is -0.220. The van der Waals surface area contributed by atoms with Crippen LogP contribution in [0.5, 0.6) is 0 Å². The number of carboxylic acids is 1. The van der Waals surface area contributed by atoms with Gasteiger partial charge < -0.3 is 10.4 Å². The van der Waals surface area contributed by atoms with E-state index in [0.29, 0.717) is 0 Å². The van der Waals surface area contributed by atoms with Gasteiger partial charge in [0.25, 0.3) is 0 Å². The number of nitrogens with one attached hydrogen (secondary N) is 1. The molecule has 0 radical (unpaired) electrons. The molecule has 0 atom stereocenters. The first-order valence-electron chi connectivity index (χ1n) is 2.69. The Bertz CT molecular complexity index is 87.0. The van der Waals surface area contributed by atoms with Crippen LogP contribution in [0, 0.1) is 0 Å². The van der Waals surface area contributed by atoms with Gasteiger partial charge in [0.05, 0.1) is 6.54 Å². The van der Waals surface area contributed by atoms with Crippen molar-refractivity contribution in [3.63, 3.8) is 0 Å². The van der Waals surface area contributed by atoms with E-state index in [0.717, 1.165) is 12.3 Å². The van der Waals surface area contributed by atoms with Crippen molar-refractivity contribution in [1.82, 2.24) is 5.32 Å². The maximum atomic E-state index is 9.89. The minimum Gasteiger partial charge on any atom is -0.480 e. The summed E-state index contributed by atoms with van der Waals surface area (Å²) in [6.45, 7) is 0.841. The molecule has 0 saturated heterocycles. The second-order valence-electron chi connectivity index (χ2n) is 1.56. The van der Waals surface area contributed by atoms with Gasteiger partial charge in [-0.05, 0) is 6.26 Å². The first-order valence-corrected chi connectivity index (χ1v) is 4.08. The minimum absolute atomic E-state index is 0.0700. The zero-order chi connectivity index (χ0) is 7.11. The summed E-state index contributed by atoms with van der Waals surface area (Å²) in [4.78, 5) is 9.89. The number of aliphatic carboxylic acids is 1. The fourth-order valence-electron chi connectivity index (χ4n) is 0.370. The highest BCUT2D eigenvalue weighted by molar-refractivity contribution is 7.98. The number of carboxylic acid groups (broad SMARTS) is 1. The van der Waals surface area contributed by atoms with E-state index in [1.54, 1.807) is 11.8 Å². The van der Waals surface area contributed by atoms with Crippen LogP contribution in [0.2, 0.25) is 0 Å². The van der Waals surface area contributed by atoms with E-state index in [4.69, 9.17) is 5.11 Å². The van der Waals surface area contributed by atoms with E-state index >= 15 is 0 Å². The fraction of sp³-hybridized carbons (Fsp3) is 0.800. The van der Waals surface area contributed by atoms with Crippen molar-refractivity contribution in [2.24, 2.45) is 0 Å². The third-order valence-corrected chi connectivity index (χ3v) is 1.37. The summed E-state index contributed by atoms with van der Waals surface area (Å²) in [6.07, 6.45) is 1.99. The van der Waals surface area contributed by atoms with Crippen LogP contribution >= 0.6 is 11.8 Å². The second kappa shape index (κ2) is 5.91. The molecule has 4 heteroatoms. The number of rotatable bonds is 5. The molecule has 0 aliphatic heterocycles. The van der Waals surface area contributed by atoms with Crippen molar-refractivity contribution in [2.75, 3.05) is 25.1 Å². The minimum atomic E-state index is -0.795. The molecule has 0 aliphatic carbocycles. The highest BCUT2D eigenvalue weighted by Gasteiger charge is 1.92. The summed E-state index contributed by atoms with van der Waals surface area (Å²) in [6, 6.07) is 0. The lowest BCUT2D eigenvalue weighted by Crippen LogP contribution is -2.24. The lowest BCUT2D eigenvalue weighted by molar-refractivity contribution is -0.135. The van der Waals surface area contributed by atoms with Gasteiger partial charge in [-0.1, -0.05) is 0 Å². The molecule has 0 aromatic heterocycles. The maximum Gasteiger partial charge on any atom is 0.317 e. The average Bonchev–Trinajstić information content (AvgIpc) is 1.80. The van der Waals surface area contributed by atoms with Crippen LogP contribution in [0.1, 0.15) is 0 Å². The van der Waals surface area contributed by atoms with Gasteiger partial charge in [0, 0.05) is 12.3 Å². The molecule has 0 unspecified atom stereocenters. The highest BCUT2D eigenvalue weighted by Crippen LogP contribution is 1.86. The normalized spacial score (nSPS) is 9.44. The molecule has 0 rings (SSSR count). The maximum absolute atomic E-state index is 9.89. The molecule has 0 aliphatic rings. The van der Waals surface area contributed by atoms with Gasteiger partial charge in [-0.2, -0.15) is 11.8 Å². The summed E-state index contributed by atoms with van der Waals surface area (Å²) >= 11 is 1.70. The van der Waals surface area contributed by atoms with Crippen molar-refractivity contribution in [3.05, 3.63) is 0 Å². The highest BCUT2D eigenvalue weighted by atomic mass is 32.2. The second-order valence-corrected chi connectivity index (χ2v) is 2.55. The Labute approximate surface area is 58.8 Å². The van der Waals surface area contributed by atoms with Crippen LogP contribution in [-0.2, 0) is 4.79 Å². The van der Waals surface area contributed by atoms with Crippen molar-refractivity contribution in [1.29, 1.82) is 0 Å². The third-order valence-electron chi connectivity index (χ3n) is 0.759. The van der Waals surface area contributed by atoms with Crippen molar-refractivity contribution >= 4 is 17.7 Å². The Morgan fingerprint density at radius 1 is 1.78 bits per heavy atom. The van der Waals surface area contributed by atoms with Gasteiger partial charge in [0.1, 0.15) is 0 Å². The van der Waals surface area contributed by atoms with Crippen LogP contribution in [0.4, 0.5) is 0 Å². The SMILES string of the molecule is CSCCNCC(=O)O. The molecule has 54 valence electrons. The molecule has 0 bridgehead atoms. The van der Waals surface area contributed by atoms with Crippen LogP contribution in [-0.4, -0.2) is 36.2 Å². The molecular weight excluding hydrogens is 138 g/mol. The van der Waals surface area contributed by atoms with Crippen molar-refractivity contribution in [3.8, 4) is 0 Å². The predicted octanol–water partition coefficient (Wildman–Crippen LogP) is 0.0236. The van der Waals surface area contributed by atoms with Gasteiger partial charge in [-0.3, -0.25) is 4.79 Å². The van der Waals surface area contributed by atoms with Crippen molar-refractivity contribution in [2.45, 2.75) is 0 Å². The Balaban J connectivity index is 2.83. The molecule has 2 N–H and O–H groups in total. The van der Waals surface area contributed by atoms with E-state index in [2.05, 4.69) is 5.32 Å². The largest absolute Gasteiger partial charge is 0.480 e. The van der Waals surface area contributed by atoms with Gasteiger partial charge in [-0.25, -0.2) is 0 Å². The molecule has 0 heterocycles. The number of hydrogen-bond acceptors (Lipinski definition) is 3. The van der Waals surface area contributed by atoms with Gasteiger partial charge >= 0.3 is 5.97 Å². The average molecular weight is 149 g/mol. The van der Waals surface area contributed by atoms with Crippen LogP contribution < -0.4 is 5.32 Å². The fourth-order valence-corrected chi connectivity index (χ4v) is 0.718. The standard InChI is InChI=1S/C5H11NO2S/c1-9-3-2-6-4-5(7)8/h6H,2-4H2,1H3,(H,7,8). The molecule has 0 spiro atoms. The van der Waals surface area contributed by atoms with Gasteiger partial charge in [-0.15, -0.1) is 0 Å². The van der Waals surface area contributed by atoms with E-state index in [9.17, 15) is 4.79 Å². The van der Waals surface area contributed by atoms with Crippen molar-refractivity contribution < 1.29 is 9.90 Å². The summed E-state index contributed by atoms with van der Waals surface area (Å²) in [5.41, 5.74) is 0. The predicted molar refractivity (Wildman–Crippen MR) is 38.9 cm³/mol. The molecule has 3 nitrogen and oxygen atoms in total. The molecule has 0 aromatic carbocycles. The summed E-state index contributed by atoms with van der Waals surface area (Å²) in [7, 11) is 0. The Morgan fingerprint density at radius 2 is 2.44 bits per heavy atom. The summed E-state index contributed by atoms with van der Waals surface area (Å²) in [5.74, 6) is 0.170. The molecular formula is C5H11NO2S. The topological polar surface area (TPSA) is 49.3 Å². The molecule has 0 amide bonds. The third kappa shape index (κ3) is 7.78. The quantitative estimate of drug-likeness (QED) is 0.541. The zero-order valence-corrected chi connectivity index (χ0v) is 6.20. The van der Waals surface area contributed by atoms with Crippen LogP contribution in [0.25, 0.3) is 0 Å². The molecule has 0 aromatic rings. The number of carbonyl (C=O) groups is 1.